The Kier molecular flexibility index (Phi) is 6.52. The molecule has 0 atom stereocenters. The maximum Gasteiger partial charge on any atom is 0.341 e. The van der Waals surface area contributed by atoms with Crippen LogP contribution >= 0.6 is 11.6 Å². The van der Waals surface area contributed by atoms with Crippen molar-refractivity contribution in [1.82, 2.24) is 9.78 Å². The number of rotatable bonds is 7. The zero-order chi connectivity index (χ0) is 25.1. The van der Waals surface area contributed by atoms with Crippen LogP contribution in [0.4, 0.5) is 4.39 Å². The zero-order valence-electron chi connectivity index (χ0n) is 18.9. The molecule has 0 spiro atoms. The van der Waals surface area contributed by atoms with Crippen molar-refractivity contribution in [1.29, 1.82) is 0 Å². The van der Waals surface area contributed by atoms with Gasteiger partial charge in [-0.1, -0.05) is 48.0 Å². The number of carboxylic acids is 1. The van der Waals surface area contributed by atoms with E-state index in [9.17, 15) is 9.18 Å². The number of nitrogens with zero attached hydrogens (tertiary/aromatic N) is 2. The number of ether oxygens (including phenoxy) is 1. The Labute approximate surface area is 212 Å². The van der Waals surface area contributed by atoms with E-state index >= 15 is 0 Å². The molecule has 1 heterocycles. The van der Waals surface area contributed by atoms with Crippen LogP contribution < -0.4 is 4.74 Å². The highest BCUT2D eigenvalue weighted by atomic mass is 35.5. The van der Waals surface area contributed by atoms with Gasteiger partial charge >= 0.3 is 5.97 Å². The number of aromatic nitrogens is 2. The van der Waals surface area contributed by atoms with Gasteiger partial charge in [-0.3, -0.25) is 0 Å². The summed E-state index contributed by atoms with van der Waals surface area (Å²) < 4.78 is 20.8. The average Bonchev–Trinajstić information content (AvgIpc) is 3.34. The molecule has 5 rings (SSSR count). The van der Waals surface area contributed by atoms with Crippen molar-refractivity contribution in [3.05, 3.63) is 114 Å². The summed E-state index contributed by atoms with van der Waals surface area (Å²) in [6.07, 6.45) is 0. The minimum absolute atomic E-state index is 0.313. The number of carboxylic acid groups (broad SMARTS) is 1. The molecule has 0 aliphatic rings. The lowest BCUT2D eigenvalue weighted by Gasteiger charge is -2.10. The van der Waals surface area contributed by atoms with Crippen molar-refractivity contribution in [3.63, 3.8) is 0 Å². The normalized spacial score (nSPS) is 10.8. The zero-order valence-corrected chi connectivity index (χ0v) is 19.7. The average molecular weight is 499 g/mol. The maximum absolute atomic E-state index is 13.6. The second-order valence-corrected chi connectivity index (χ2v) is 8.50. The molecule has 0 unspecified atom stereocenters. The molecule has 36 heavy (non-hydrogen) atoms. The van der Waals surface area contributed by atoms with Crippen molar-refractivity contribution in [2.24, 2.45) is 0 Å². The highest BCUT2D eigenvalue weighted by Gasteiger charge is 2.16. The summed E-state index contributed by atoms with van der Waals surface area (Å²) in [5, 5.41) is 14.5. The van der Waals surface area contributed by atoms with Crippen molar-refractivity contribution in [2.45, 2.75) is 0 Å². The van der Waals surface area contributed by atoms with E-state index in [1.807, 2.05) is 59.3 Å². The Morgan fingerprint density at radius 3 is 2.31 bits per heavy atom. The number of carbonyl (C=O) groups is 1. The first-order valence-electron chi connectivity index (χ1n) is 11.1. The fraction of sp³-hybridized carbons (Fsp3) is 0.0345. The standard InChI is InChI=1S/C29H20ClFN2O3/c30-21-10-14-23(15-11-21)33-28(19-8-12-22(31)13-9-19)17-27(32-33)26-7-2-1-6-25(26)20-4-3-5-24(16-20)36-18-29(34)35/h1-17H,18H2,(H,34,35). The van der Waals surface area contributed by atoms with Crippen LogP contribution in [0.5, 0.6) is 5.75 Å². The molecule has 0 amide bonds. The summed E-state index contributed by atoms with van der Waals surface area (Å²) >= 11 is 6.10. The van der Waals surface area contributed by atoms with E-state index in [1.54, 1.807) is 36.4 Å². The van der Waals surface area contributed by atoms with Gasteiger partial charge in [0.1, 0.15) is 11.6 Å². The highest BCUT2D eigenvalue weighted by Crippen LogP contribution is 2.36. The van der Waals surface area contributed by atoms with Gasteiger partial charge in [0.2, 0.25) is 0 Å². The summed E-state index contributed by atoms with van der Waals surface area (Å²) in [4.78, 5) is 10.9. The van der Waals surface area contributed by atoms with Gasteiger partial charge in [-0.25, -0.2) is 13.9 Å². The summed E-state index contributed by atoms with van der Waals surface area (Å²) in [6, 6.07) is 30.7. The van der Waals surface area contributed by atoms with Gasteiger partial charge in [-0.05, 0) is 77.9 Å². The summed E-state index contributed by atoms with van der Waals surface area (Å²) in [7, 11) is 0. The van der Waals surface area contributed by atoms with E-state index in [0.717, 1.165) is 39.3 Å². The van der Waals surface area contributed by atoms with E-state index in [0.29, 0.717) is 10.8 Å². The number of halogens is 2. The van der Waals surface area contributed by atoms with E-state index in [4.69, 9.17) is 26.5 Å². The first-order valence-corrected chi connectivity index (χ1v) is 11.5. The van der Waals surface area contributed by atoms with Crippen molar-refractivity contribution >= 4 is 17.6 Å². The van der Waals surface area contributed by atoms with Gasteiger partial charge in [-0.2, -0.15) is 5.10 Å². The Bertz CT molecular complexity index is 1470. The lowest BCUT2D eigenvalue weighted by molar-refractivity contribution is -0.139. The van der Waals surface area contributed by atoms with Crippen molar-refractivity contribution < 1.29 is 19.0 Å². The summed E-state index contributed by atoms with van der Waals surface area (Å²) in [5.74, 6) is -0.892. The van der Waals surface area contributed by atoms with Crippen molar-refractivity contribution in [2.75, 3.05) is 6.61 Å². The maximum atomic E-state index is 13.6. The predicted molar refractivity (Wildman–Crippen MR) is 138 cm³/mol. The topological polar surface area (TPSA) is 64.3 Å². The van der Waals surface area contributed by atoms with Gasteiger partial charge in [0.25, 0.3) is 0 Å². The highest BCUT2D eigenvalue weighted by molar-refractivity contribution is 6.30. The van der Waals surface area contributed by atoms with Crippen LogP contribution in [-0.2, 0) is 4.79 Å². The number of hydrogen-bond acceptors (Lipinski definition) is 3. The van der Waals surface area contributed by atoms with Crippen LogP contribution in [0.2, 0.25) is 5.02 Å². The molecule has 4 aromatic carbocycles. The molecule has 5 aromatic rings. The molecule has 178 valence electrons. The van der Waals surface area contributed by atoms with Crippen LogP contribution in [0.25, 0.3) is 39.3 Å². The Morgan fingerprint density at radius 1 is 0.861 bits per heavy atom. The van der Waals surface area contributed by atoms with Gasteiger partial charge in [0.15, 0.2) is 6.61 Å². The van der Waals surface area contributed by atoms with Crippen LogP contribution in [0.3, 0.4) is 0 Å². The molecule has 0 fully saturated rings. The summed E-state index contributed by atoms with van der Waals surface area (Å²) in [5.41, 5.74) is 5.78. The third kappa shape index (κ3) is 4.99. The summed E-state index contributed by atoms with van der Waals surface area (Å²) in [6.45, 7) is -0.419. The van der Waals surface area contributed by atoms with E-state index in [1.165, 1.54) is 12.1 Å². The van der Waals surface area contributed by atoms with Gasteiger partial charge in [0.05, 0.1) is 17.1 Å². The monoisotopic (exact) mass is 498 g/mol. The molecule has 1 aromatic heterocycles. The molecule has 1 N–H and O–H groups in total. The Hall–Kier alpha value is -4.42. The second kappa shape index (κ2) is 10.1. The van der Waals surface area contributed by atoms with Crippen LogP contribution in [0.15, 0.2) is 103 Å². The van der Waals surface area contributed by atoms with Crippen LogP contribution in [0.1, 0.15) is 0 Å². The fourth-order valence-electron chi connectivity index (χ4n) is 3.97. The van der Waals surface area contributed by atoms with E-state index < -0.39 is 12.6 Å². The lowest BCUT2D eigenvalue weighted by atomic mass is 9.97. The number of benzene rings is 4. The Morgan fingerprint density at radius 2 is 1.58 bits per heavy atom. The largest absolute Gasteiger partial charge is 0.482 e. The minimum Gasteiger partial charge on any atom is -0.482 e. The van der Waals surface area contributed by atoms with Gasteiger partial charge in [0, 0.05) is 16.1 Å². The molecule has 0 saturated carbocycles. The molecule has 0 radical (unpaired) electrons. The first-order chi connectivity index (χ1) is 17.5. The molecule has 5 nitrogen and oxygen atoms in total. The SMILES string of the molecule is O=C(O)COc1cccc(-c2ccccc2-c2cc(-c3ccc(F)cc3)n(-c3ccc(Cl)cc3)n2)c1. The molecular weight excluding hydrogens is 479 g/mol. The van der Waals surface area contributed by atoms with Crippen LogP contribution in [-0.4, -0.2) is 27.5 Å². The molecule has 0 bridgehead atoms. The predicted octanol–water partition coefficient (Wildman–Crippen LogP) is 7.13. The van der Waals surface area contributed by atoms with E-state index in [2.05, 4.69) is 0 Å². The van der Waals surface area contributed by atoms with Crippen LogP contribution in [0, 0.1) is 5.82 Å². The quantitative estimate of drug-likeness (QED) is 0.259. The van der Waals surface area contributed by atoms with Gasteiger partial charge < -0.3 is 9.84 Å². The molecular formula is C29H20ClFN2O3. The van der Waals surface area contributed by atoms with Gasteiger partial charge in [-0.15, -0.1) is 0 Å². The Balaban J connectivity index is 1.63. The van der Waals surface area contributed by atoms with E-state index in [-0.39, 0.29) is 5.82 Å². The van der Waals surface area contributed by atoms with Crippen molar-refractivity contribution in [3.8, 4) is 45.1 Å². The molecule has 7 heteroatoms. The molecule has 0 saturated heterocycles. The molecule has 0 aliphatic carbocycles. The smallest absolute Gasteiger partial charge is 0.341 e. The first kappa shape index (κ1) is 23.3. The minimum atomic E-state index is -1.04. The number of aliphatic carboxylic acids is 1. The number of hydrogen-bond donors (Lipinski definition) is 1. The second-order valence-electron chi connectivity index (χ2n) is 8.07. The third-order valence-corrected chi connectivity index (χ3v) is 5.88. The fourth-order valence-corrected chi connectivity index (χ4v) is 4.10. The lowest BCUT2D eigenvalue weighted by Crippen LogP contribution is -2.09. The molecule has 0 aliphatic heterocycles. The third-order valence-electron chi connectivity index (χ3n) is 5.63.